The summed E-state index contributed by atoms with van der Waals surface area (Å²) in [5.41, 5.74) is 4.97. The largest absolute Gasteiger partial charge is 0.497 e. The van der Waals surface area contributed by atoms with Gasteiger partial charge in [-0.25, -0.2) is 5.43 Å². The SMILES string of the molecule is COc1ccc(-c2cc(C(=O)NN=Cc3ccc(OC)cc3OC)[nH]n2)cc1. The number of aromatic amines is 1. The first-order valence-electron chi connectivity index (χ1n) is 8.40. The van der Waals surface area contributed by atoms with Gasteiger partial charge in [0, 0.05) is 17.2 Å². The van der Waals surface area contributed by atoms with Gasteiger partial charge in [0.2, 0.25) is 0 Å². The van der Waals surface area contributed by atoms with Gasteiger partial charge in [-0.3, -0.25) is 9.89 Å². The van der Waals surface area contributed by atoms with E-state index in [1.54, 1.807) is 45.6 Å². The van der Waals surface area contributed by atoms with Gasteiger partial charge in [-0.15, -0.1) is 0 Å². The second-order valence-corrected chi connectivity index (χ2v) is 5.70. The van der Waals surface area contributed by atoms with Crippen molar-refractivity contribution in [3.05, 3.63) is 59.8 Å². The Kier molecular flexibility index (Phi) is 5.91. The van der Waals surface area contributed by atoms with Crippen LogP contribution in [0.4, 0.5) is 0 Å². The third-order valence-electron chi connectivity index (χ3n) is 4.02. The minimum Gasteiger partial charge on any atom is -0.497 e. The number of hydrogen-bond donors (Lipinski definition) is 2. The van der Waals surface area contributed by atoms with Gasteiger partial charge in [-0.2, -0.15) is 10.2 Å². The number of ether oxygens (including phenoxy) is 3. The maximum Gasteiger partial charge on any atom is 0.289 e. The summed E-state index contributed by atoms with van der Waals surface area (Å²) in [5, 5.41) is 10.9. The lowest BCUT2D eigenvalue weighted by Gasteiger charge is -2.06. The first kappa shape index (κ1) is 19.0. The molecule has 0 aliphatic rings. The minimum atomic E-state index is -0.406. The van der Waals surface area contributed by atoms with Crippen LogP contribution in [0.15, 0.2) is 53.6 Å². The Morgan fingerprint density at radius 2 is 1.71 bits per heavy atom. The van der Waals surface area contributed by atoms with E-state index in [-0.39, 0.29) is 0 Å². The molecule has 28 heavy (non-hydrogen) atoms. The zero-order valence-corrected chi connectivity index (χ0v) is 15.7. The van der Waals surface area contributed by atoms with Gasteiger partial charge in [-0.05, 0) is 42.5 Å². The van der Waals surface area contributed by atoms with Crippen LogP contribution in [0.3, 0.4) is 0 Å². The van der Waals surface area contributed by atoms with Crippen LogP contribution in [0, 0.1) is 0 Å². The Morgan fingerprint density at radius 3 is 2.39 bits per heavy atom. The lowest BCUT2D eigenvalue weighted by molar-refractivity contribution is 0.0950. The number of methoxy groups -OCH3 is 3. The van der Waals surface area contributed by atoms with Crippen LogP contribution in [0.2, 0.25) is 0 Å². The smallest absolute Gasteiger partial charge is 0.289 e. The van der Waals surface area contributed by atoms with Crippen LogP contribution in [0.5, 0.6) is 17.2 Å². The van der Waals surface area contributed by atoms with Gasteiger partial charge in [0.25, 0.3) is 5.91 Å². The minimum absolute atomic E-state index is 0.296. The molecule has 0 aliphatic heterocycles. The molecule has 0 aliphatic carbocycles. The van der Waals surface area contributed by atoms with E-state index < -0.39 is 5.91 Å². The molecule has 0 saturated heterocycles. The molecule has 2 N–H and O–H groups in total. The number of amides is 1. The molecule has 3 rings (SSSR count). The van der Waals surface area contributed by atoms with Crippen LogP contribution in [0.1, 0.15) is 16.1 Å². The van der Waals surface area contributed by atoms with Gasteiger partial charge < -0.3 is 14.2 Å². The maximum atomic E-state index is 12.3. The molecule has 8 nitrogen and oxygen atoms in total. The monoisotopic (exact) mass is 380 g/mol. The summed E-state index contributed by atoms with van der Waals surface area (Å²) in [6.45, 7) is 0. The lowest BCUT2D eigenvalue weighted by atomic mass is 10.1. The predicted octanol–water partition coefficient (Wildman–Crippen LogP) is 2.87. The van der Waals surface area contributed by atoms with Crippen molar-refractivity contribution in [1.82, 2.24) is 15.6 Å². The van der Waals surface area contributed by atoms with Crippen molar-refractivity contribution in [1.29, 1.82) is 0 Å². The molecule has 0 bridgehead atoms. The Balaban J connectivity index is 1.67. The summed E-state index contributed by atoms with van der Waals surface area (Å²) in [6.07, 6.45) is 1.50. The number of carbonyl (C=O) groups excluding carboxylic acids is 1. The first-order chi connectivity index (χ1) is 13.6. The van der Waals surface area contributed by atoms with Crippen molar-refractivity contribution in [2.45, 2.75) is 0 Å². The van der Waals surface area contributed by atoms with Crippen molar-refractivity contribution in [3.63, 3.8) is 0 Å². The normalized spacial score (nSPS) is 10.7. The molecule has 1 aromatic heterocycles. The molecule has 144 valence electrons. The van der Waals surface area contributed by atoms with Crippen LogP contribution in [-0.4, -0.2) is 43.6 Å². The van der Waals surface area contributed by atoms with Crippen molar-refractivity contribution in [2.75, 3.05) is 21.3 Å². The van der Waals surface area contributed by atoms with E-state index in [1.807, 2.05) is 24.3 Å². The highest BCUT2D eigenvalue weighted by atomic mass is 16.5. The van der Waals surface area contributed by atoms with Gasteiger partial charge >= 0.3 is 0 Å². The molecule has 0 atom stereocenters. The Labute approximate surface area is 162 Å². The van der Waals surface area contributed by atoms with Crippen LogP contribution in [0.25, 0.3) is 11.3 Å². The second kappa shape index (κ2) is 8.72. The number of benzene rings is 2. The van der Waals surface area contributed by atoms with Crippen molar-refractivity contribution in [3.8, 4) is 28.5 Å². The lowest BCUT2D eigenvalue weighted by Crippen LogP contribution is -2.18. The van der Waals surface area contributed by atoms with E-state index in [2.05, 4.69) is 20.7 Å². The number of hydrazone groups is 1. The highest BCUT2D eigenvalue weighted by Gasteiger charge is 2.11. The van der Waals surface area contributed by atoms with Crippen LogP contribution < -0.4 is 19.6 Å². The molecule has 1 amide bonds. The zero-order valence-electron chi connectivity index (χ0n) is 15.7. The molecule has 0 fully saturated rings. The summed E-state index contributed by atoms with van der Waals surface area (Å²) in [5.74, 6) is 1.60. The van der Waals surface area contributed by atoms with Crippen molar-refractivity contribution >= 4 is 12.1 Å². The summed E-state index contributed by atoms with van der Waals surface area (Å²) in [4.78, 5) is 12.3. The highest BCUT2D eigenvalue weighted by molar-refractivity contribution is 5.94. The number of carbonyl (C=O) groups is 1. The van der Waals surface area contributed by atoms with E-state index in [9.17, 15) is 4.79 Å². The number of aromatic nitrogens is 2. The van der Waals surface area contributed by atoms with Gasteiger partial charge in [0.1, 0.15) is 22.9 Å². The zero-order chi connectivity index (χ0) is 19.9. The van der Waals surface area contributed by atoms with E-state index in [0.29, 0.717) is 28.5 Å². The average molecular weight is 380 g/mol. The van der Waals surface area contributed by atoms with Crippen molar-refractivity contribution < 1.29 is 19.0 Å². The molecule has 8 heteroatoms. The standard InChI is InChI=1S/C20H20N4O4/c1-26-15-7-4-13(5-8-15)17-11-18(23-22-17)20(25)24-21-12-14-6-9-16(27-2)10-19(14)28-3/h4-12H,1-3H3,(H,22,23)(H,24,25). The molecule has 3 aromatic rings. The van der Waals surface area contributed by atoms with E-state index >= 15 is 0 Å². The molecule has 0 saturated carbocycles. The number of H-pyrrole nitrogens is 1. The van der Waals surface area contributed by atoms with Crippen LogP contribution in [-0.2, 0) is 0 Å². The van der Waals surface area contributed by atoms with E-state index in [1.165, 1.54) is 6.21 Å². The molecular weight excluding hydrogens is 360 g/mol. The van der Waals surface area contributed by atoms with Crippen molar-refractivity contribution in [2.24, 2.45) is 5.10 Å². The average Bonchev–Trinajstić information content (AvgIpc) is 3.24. The fraction of sp³-hybridized carbons (Fsp3) is 0.150. The Bertz CT molecular complexity index is 980. The Morgan fingerprint density at radius 1 is 1.00 bits per heavy atom. The molecule has 0 radical (unpaired) electrons. The number of hydrogen-bond acceptors (Lipinski definition) is 6. The second-order valence-electron chi connectivity index (χ2n) is 5.70. The molecule has 2 aromatic carbocycles. The third kappa shape index (κ3) is 4.29. The molecule has 0 spiro atoms. The fourth-order valence-corrected chi connectivity index (χ4v) is 2.49. The molecular formula is C20H20N4O4. The number of nitrogens with zero attached hydrogens (tertiary/aromatic N) is 2. The first-order valence-corrected chi connectivity index (χ1v) is 8.40. The van der Waals surface area contributed by atoms with Gasteiger partial charge in [-0.1, -0.05) is 0 Å². The summed E-state index contributed by atoms with van der Waals surface area (Å²) >= 11 is 0. The number of rotatable bonds is 7. The van der Waals surface area contributed by atoms with Crippen LogP contribution >= 0.6 is 0 Å². The predicted molar refractivity (Wildman–Crippen MR) is 105 cm³/mol. The van der Waals surface area contributed by atoms with Gasteiger partial charge in [0.05, 0.1) is 33.2 Å². The highest BCUT2D eigenvalue weighted by Crippen LogP contribution is 2.23. The summed E-state index contributed by atoms with van der Waals surface area (Å²) in [7, 11) is 4.73. The summed E-state index contributed by atoms with van der Waals surface area (Å²) < 4.78 is 15.6. The third-order valence-corrected chi connectivity index (χ3v) is 4.02. The fourth-order valence-electron chi connectivity index (χ4n) is 2.49. The Hall–Kier alpha value is -3.81. The number of nitrogens with one attached hydrogen (secondary N) is 2. The van der Waals surface area contributed by atoms with Gasteiger partial charge in [0.15, 0.2) is 0 Å². The van der Waals surface area contributed by atoms with E-state index in [0.717, 1.165) is 11.3 Å². The quantitative estimate of drug-likeness (QED) is 0.485. The molecule has 1 heterocycles. The van der Waals surface area contributed by atoms with E-state index in [4.69, 9.17) is 14.2 Å². The topological polar surface area (TPSA) is 97.8 Å². The summed E-state index contributed by atoms with van der Waals surface area (Å²) in [6, 6.07) is 14.3. The maximum absolute atomic E-state index is 12.3. The molecule has 0 unspecified atom stereocenters.